The Hall–Kier alpha value is -4.43. The van der Waals surface area contributed by atoms with Crippen molar-refractivity contribution in [2.24, 2.45) is 0 Å². The van der Waals surface area contributed by atoms with E-state index < -0.39 is 11.5 Å². The second-order valence-electron chi connectivity index (χ2n) is 8.51. The van der Waals surface area contributed by atoms with Gasteiger partial charge in [0.15, 0.2) is 17.1 Å². The monoisotopic (exact) mass is 625 g/mol. The second kappa shape index (κ2) is 13.5. The lowest BCUT2D eigenvalue weighted by atomic mass is 10.1. The number of rotatable bonds is 9. The number of amides is 1. The summed E-state index contributed by atoms with van der Waals surface area (Å²) < 4.78 is 23.6. The number of carbonyl (C=O) groups is 1. The van der Waals surface area contributed by atoms with Crippen LogP contribution in [0.5, 0.6) is 23.0 Å². The first kappa shape index (κ1) is 30.5. The van der Waals surface area contributed by atoms with E-state index >= 15 is 0 Å². The first-order chi connectivity index (χ1) is 20.2. The molecule has 4 rings (SSSR count). The quantitative estimate of drug-likeness (QED) is 0.285. The number of aromatic nitrogens is 1. The normalized spacial score (nSPS) is 11.9. The molecule has 216 valence electrons. The van der Waals surface area contributed by atoms with E-state index in [2.05, 4.69) is 5.32 Å². The molecule has 0 aliphatic heterocycles. The van der Waals surface area contributed by atoms with Crippen LogP contribution in [0, 0.1) is 11.3 Å². The molecule has 0 atom stereocenters. The molecule has 12 heteroatoms. The zero-order chi connectivity index (χ0) is 30.4. The lowest BCUT2D eigenvalue weighted by Gasteiger charge is -2.13. The van der Waals surface area contributed by atoms with E-state index in [9.17, 15) is 14.9 Å². The summed E-state index contributed by atoms with van der Waals surface area (Å²) in [5.74, 6) is 1.00. The van der Waals surface area contributed by atoms with E-state index in [4.69, 9.17) is 42.1 Å². The van der Waals surface area contributed by atoms with Gasteiger partial charge in [-0.15, -0.1) is 11.3 Å². The van der Waals surface area contributed by atoms with Crippen LogP contribution in [-0.2, 0) is 4.79 Å². The smallest absolute Gasteiger partial charge is 0.273 e. The highest BCUT2D eigenvalue weighted by Gasteiger charge is 2.19. The van der Waals surface area contributed by atoms with Crippen LogP contribution in [0.25, 0.3) is 17.3 Å². The van der Waals surface area contributed by atoms with E-state index in [0.29, 0.717) is 56.6 Å². The fraction of sp³-hybridized carbons (Fsp3) is 0.167. The van der Waals surface area contributed by atoms with E-state index in [1.54, 1.807) is 42.5 Å². The van der Waals surface area contributed by atoms with Crippen LogP contribution in [0.1, 0.15) is 12.5 Å². The van der Waals surface area contributed by atoms with Gasteiger partial charge >= 0.3 is 0 Å². The predicted molar refractivity (Wildman–Crippen MR) is 164 cm³/mol. The van der Waals surface area contributed by atoms with Crippen LogP contribution in [0.2, 0.25) is 10.0 Å². The zero-order valence-corrected chi connectivity index (χ0v) is 25.3. The number of benzene rings is 3. The van der Waals surface area contributed by atoms with E-state index in [1.807, 2.05) is 13.0 Å². The van der Waals surface area contributed by atoms with Gasteiger partial charge in [0, 0.05) is 21.3 Å². The number of thiazole rings is 1. The minimum atomic E-state index is -0.744. The summed E-state index contributed by atoms with van der Waals surface area (Å²) >= 11 is 13.1. The average molecular weight is 627 g/mol. The number of nitriles is 1. The van der Waals surface area contributed by atoms with Gasteiger partial charge in [-0.2, -0.15) is 5.26 Å². The van der Waals surface area contributed by atoms with Crippen molar-refractivity contribution in [1.29, 1.82) is 5.26 Å². The number of carbonyl (C=O) groups excluding carboxylic acids is 1. The minimum absolute atomic E-state index is 0.114. The number of ether oxygens (including phenoxy) is 4. The van der Waals surface area contributed by atoms with Gasteiger partial charge in [-0.05, 0) is 67.6 Å². The van der Waals surface area contributed by atoms with E-state index in [-0.39, 0.29) is 14.8 Å². The Morgan fingerprint density at radius 3 is 2.24 bits per heavy atom. The molecule has 1 aromatic heterocycles. The molecule has 1 N–H and O–H groups in total. The summed E-state index contributed by atoms with van der Waals surface area (Å²) in [6.45, 7) is 2.33. The van der Waals surface area contributed by atoms with Crippen LogP contribution >= 0.6 is 34.5 Å². The molecule has 9 nitrogen and oxygen atoms in total. The minimum Gasteiger partial charge on any atom is -0.494 e. The van der Waals surface area contributed by atoms with Crippen molar-refractivity contribution in [2.75, 3.05) is 33.3 Å². The highest BCUT2D eigenvalue weighted by molar-refractivity contribution is 7.07. The topological polar surface area (TPSA) is 112 Å². The lowest BCUT2D eigenvalue weighted by molar-refractivity contribution is -0.111. The third-order valence-corrected chi connectivity index (χ3v) is 7.45. The molecule has 1 heterocycles. The summed E-state index contributed by atoms with van der Waals surface area (Å²) in [5.41, 5.74) is 0.498. The molecule has 0 saturated carbocycles. The van der Waals surface area contributed by atoms with Crippen molar-refractivity contribution in [3.63, 3.8) is 0 Å². The largest absolute Gasteiger partial charge is 0.494 e. The summed E-state index contributed by atoms with van der Waals surface area (Å²) in [4.78, 5) is 27.3. The van der Waals surface area contributed by atoms with Gasteiger partial charge in [-0.25, -0.2) is 0 Å². The van der Waals surface area contributed by atoms with Gasteiger partial charge in [0.2, 0.25) is 5.75 Å². The predicted octanol–water partition coefficient (Wildman–Crippen LogP) is 4.77. The molecule has 0 saturated heterocycles. The molecular formula is C30H25Cl2N3O6S. The highest BCUT2D eigenvalue weighted by atomic mass is 35.5. The van der Waals surface area contributed by atoms with Gasteiger partial charge in [0.25, 0.3) is 11.5 Å². The summed E-state index contributed by atoms with van der Waals surface area (Å²) in [5, 5.41) is 13.4. The fourth-order valence-electron chi connectivity index (χ4n) is 4.14. The molecule has 42 heavy (non-hydrogen) atoms. The van der Waals surface area contributed by atoms with Crippen LogP contribution in [0.15, 0.2) is 59.4 Å². The summed E-state index contributed by atoms with van der Waals surface area (Å²) in [6.07, 6.45) is 1.60. The number of halogens is 2. The molecule has 0 aliphatic carbocycles. The molecule has 4 aromatic rings. The molecule has 3 aromatic carbocycles. The van der Waals surface area contributed by atoms with Gasteiger partial charge < -0.3 is 24.3 Å². The van der Waals surface area contributed by atoms with Gasteiger partial charge in [-0.1, -0.05) is 23.2 Å². The molecule has 1 amide bonds. The Morgan fingerprint density at radius 2 is 1.67 bits per heavy atom. The van der Waals surface area contributed by atoms with Crippen LogP contribution in [0.4, 0.5) is 5.69 Å². The van der Waals surface area contributed by atoms with E-state index in [1.165, 1.54) is 44.1 Å². The molecular weight excluding hydrogens is 601 g/mol. The maximum Gasteiger partial charge on any atom is 0.273 e. The molecule has 0 radical (unpaired) electrons. The van der Waals surface area contributed by atoms with Crippen molar-refractivity contribution in [3.05, 3.63) is 89.8 Å². The first-order valence-electron chi connectivity index (χ1n) is 12.4. The number of anilines is 1. The Bertz CT molecular complexity index is 1840. The van der Waals surface area contributed by atoms with Gasteiger partial charge in [0.1, 0.15) is 16.5 Å². The average Bonchev–Trinajstić information content (AvgIpc) is 3.27. The van der Waals surface area contributed by atoms with Crippen LogP contribution in [-0.4, -0.2) is 38.4 Å². The van der Waals surface area contributed by atoms with Crippen molar-refractivity contribution in [2.45, 2.75) is 6.92 Å². The van der Waals surface area contributed by atoms with Crippen molar-refractivity contribution in [1.82, 2.24) is 4.57 Å². The Morgan fingerprint density at radius 1 is 1.00 bits per heavy atom. The van der Waals surface area contributed by atoms with E-state index in [0.717, 1.165) is 11.3 Å². The van der Waals surface area contributed by atoms with Crippen LogP contribution < -0.4 is 39.0 Å². The molecule has 0 fully saturated rings. The number of hydrogen-bond acceptors (Lipinski definition) is 8. The van der Waals surface area contributed by atoms with Crippen molar-refractivity contribution < 1.29 is 23.7 Å². The Labute approximate surface area is 255 Å². The second-order valence-corrected chi connectivity index (χ2v) is 10.4. The third-order valence-electron chi connectivity index (χ3n) is 5.92. The number of nitrogens with one attached hydrogen (secondary N) is 1. The fourth-order valence-corrected chi connectivity index (χ4v) is 5.76. The number of nitrogens with zero attached hydrogens (tertiary/aromatic N) is 2. The maximum absolute atomic E-state index is 13.9. The highest BCUT2D eigenvalue weighted by Crippen LogP contribution is 2.40. The molecule has 0 spiro atoms. The lowest BCUT2D eigenvalue weighted by Crippen LogP contribution is -2.32. The zero-order valence-electron chi connectivity index (χ0n) is 23.0. The van der Waals surface area contributed by atoms with Crippen LogP contribution in [0.3, 0.4) is 0 Å². The summed E-state index contributed by atoms with van der Waals surface area (Å²) in [6, 6.07) is 16.6. The van der Waals surface area contributed by atoms with Crippen molar-refractivity contribution >= 4 is 57.8 Å². The Balaban J connectivity index is 1.99. The third kappa shape index (κ3) is 6.39. The van der Waals surface area contributed by atoms with Gasteiger partial charge in [0.05, 0.1) is 38.2 Å². The Kier molecular flexibility index (Phi) is 9.80. The maximum atomic E-state index is 13.9. The SMILES string of the molecule is CCOc1ccc(-n2c(=O)/c(=C/c3ccc(OC)c(OC)c3OC)s/c2=C(/C#N)C(=O)Nc2cc(Cl)cc(Cl)c2)cc1. The molecule has 0 bridgehead atoms. The first-order valence-corrected chi connectivity index (χ1v) is 14.0. The number of hydrogen-bond donors (Lipinski definition) is 1. The molecule has 0 aliphatic rings. The van der Waals surface area contributed by atoms with Crippen molar-refractivity contribution in [3.8, 4) is 34.8 Å². The van der Waals surface area contributed by atoms with Gasteiger partial charge in [-0.3, -0.25) is 14.2 Å². The summed E-state index contributed by atoms with van der Waals surface area (Å²) in [7, 11) is 4.45. The molecule has 0 unspecified atom stereocenters. The number of methoxy groups -OCH3 is 3. The standard InChI is InChI=1S/C30H25Cl2N3O6S/c1-5-41-22-9-7-21(8-10-22)35-29(37)25(12-17-6-11-24(38-2)27(40-4)26(17)39-3)42-30(35)23(16-33)28(36)34-20-14-18(31)13-19(32)15-20/h6-15H,5H2,1-4H3,(H,34,36)/b25-12-,30-23-.